The SMILES string of the molecule is CCOCC(=O)O[C@H]1CC[C@@]2(C)C(=CC[C@H]3[C@@H]4CC[C@H]([C@H](C)CCCC(C)C)[C@@]4(C)CC[C@@H]32)C1. The topological polar surface area (TPSA) is 35.5 Å². The molecular weight excluding hydrogens is 420 g/mol. The molecule has 3 nitrogen and oxygen atoms in total. The van der Waals surface area contributed by atoms with E-state index in [0.717, 1.165) is 48.3 Å². The summed E-state index contributed by atoms with van der Waals surface area (Å²) in [6, 6.07) is 0. The summed E-state index contributed by atoms with van der Waals surface area (Å²) >= 11 is 0. The summed E-state index contributed by atoms with van der Waals surface area (Å²) in [5.41, 5.74) is 2.45. The normalized spacial score (nSPS) is 40.2. The van der Waals surface area contributed by atoms with Gasteiger partial charge in [0.1, 0.15) is 12.7 Å². The average Bonchev–Trinajstić information content (AvgIpc) is 3.15. The van der Waals surface area contributed by atoms with Crippen molar-refractivity contribution in [2.45, 2.75) is 118 Å². The molecule has 0 bridgehead atoms. The number of rotatable bonds is 9. The van der Waals surface area contributed by atoms with E-state index in [9.17, 15) is 4.79 Å². The summed E-state index contributed by atoms with van der Waals surface area (Å²) in [6.07, 6.45) is 16.9. The van der Waals surface area contributed by atoms with Gasteiger partial charge in [0.25, 0.3) is 0 Å². The number of fused-ring (bicyclic) bond motifs is 5. The fourth-order valence-electron chi connectivity index (χ4n) is 9.16. The predicted octanol–water partition coefficient (Wildman–Crippen LogP) is 7.98. The van der Waals surface area contributed by atoms with Crippen LogP contribution in [0.15, 0.2) is 11.6 Å². The van der Waals surface area contributed by atoms with Crippen LogP contribution in [0.2, 0.25) is 0 Å². The molecule has 0 spiro atoms. The van der Waals surface area contributed by atoms with Gasteiger partial charge >= 0.3 is 5.97 Å². The maximum absolute atomic E-state index is 12.1. The zero-order valence-electron chi connectivity index (χ0n) is 23.0. The van der Waals surface area contributed by atoms with Gasteiger partial charge in [0.15, 0.2) is 0 Å². The Kier molecular flexibility index (Phi) is 8.22. The van der Waals surface area contributed by atoms with E-state index in [4.69, 9.17) is 9.47 Å². The number of hydrogen-bond acceptors (Lipinski definition) is 3. The van der Waals surface area contributed by atoms with Crippen LogP contribution in [0, 0.1) is 46.3 Å². The molecular formula is C31H52O3. The largest absolute Gasteiger partial charge is 0.460 e. The smallest absolute Gasteiger partial charge is 0.332 e. The van der Waals surface area contributed by atoms with Gasteiger partial charge in [-0.2, -0.15) is 0 Å². The van der Waals surface area contributed by atoms with Crippen LogP contribution in [0.4, 0.5) is 0 Å². The van der Waals surface area contributed by atoms with Crippen LogP contribution in [-0.4, -0.2) is 25.3 Å². The molecule has 0 aromatic carbocycles. The summed E-state index contributed by atoms with van der Waals surface area (Å²) in [6.45, 7) is 15.1. The van der Waals surface area contributed by atoms with Crippen LogP contribution in [-0.2, 0) is 14.3 Å². The van der Waals surface area contributed by atoms with E-state index in [0.29, 0.717) is 17.4 Å². The van der Waals surface area contributed by atoms with Crippen molar-refractivity contribution in [3.8, 4) is 0 Å². The molecule has 4 aliphatic carbocycles. The van der Waals surface area contributed by atoms with Crippen molar-refractivity contribution in [3.05, 3.63) is 11.6 Å². The first-order valence-corrected chi connectivity index (χ1v) is 14.7. The van der Waals surface area contributed by atoms with Crippen LogP contribution in [0.1, 0.15) is 112 Å². The highest BCUT2D eigenvalue weighted by Crippen LogP contribution is 2.67. The van der Waals surface area contributed by atoms with Crippen LogP contribution in [0.25, 0.3) is 0 Å². The molecule has 3 fully saturated rings. The lowest BCUT2D eigenvalue weighted by atomic mass is 9.47. The number of esters is 1. The van der Waals surface area contributed by atoms with Crippen molar-refractivity contribution in [1.29, 1.82) is 0 Å². The van der Waals surface area contributed by atoms with E-state index in [1.165, 1.54) is 57.8 Å². The van der Waals surface area contributed by atoms with Crippen molar-refractivity contribution in [2.24, 2.45) is 46.3 Å². The van der Waals surface area contributed by atoms with E-state index in [-0.39, 0.29) is 18.7 Å². The third kappa shape index (κ3) is 5.02. The van der Waals surface area contributed by atoms with Crippen molar-refractivity contribution >= 4 is 5.97 Å². The molecule has 4 rings (SSSR count). The predicted molar refractivity (Wildman–Crippen MR) is 139 cm³/mol. The number of carbonyl (C=O) groups excluding carboxylic acids is 1. The minimum atomic E-state index is -0.197. The van der Waals surface area contributed by atoms with Crippen molar-refractivity contribution in [1.82, 2.24) is 0 Å². The second kappa shape index (κ2) is 10.7. The first-order valence-electron chi connectivity index (χ1n) is 14.7. The third-order valence-corrected chi connectivity index (χ3v) is 11.0. The van der Waals surface area contributed by atoms with E-state index in [1.807, 2.05) is 6.92 Å². The van der Waals surface area contributed by atoms with E-state index in [2.05, 4.69) is 40.7 Å². The van der Waals surface area contributed by atoms with E-state index >= 15 is 0 Å². The Bertz CT molecular complexity index is 741. The maximum atomic E-state index is 12.1. The molecule has 3 saturated carbocycles. The highest BCUT2D eigenvalue weighted by atomic mass is 16.6. The average molecular weight is 473 g/mol. The van der Waals surface area contributed by atoms with Gasteiger partial charge in [0, 0.05) is 13.0 Å². The summed E-state index contributed by atoms with van der Waals surface area (Å²) in [4.78, 5) is 12.1. The second-order valence-electron chi connectivity index (χ2n) is 13.3. The minimum absolute atomic E-state index is 0.0419. The second-order valence-corrected chi connectivity index (χ2v) is 13.3. The Hall–Kier alpha value is -0.830. The number of hydrogen-bond donors (Lipinski definition) is 0. The van der Waals surface area contributed by atoms with Gasteiger partial charge in [-0.3, -0.25) is 0 Å². The lowest BCUT2D eigenvalue weighted by Gasteiger charge is -2.58. The Morgan fingerprint density at radius 1 is 1.06 bits per heavy atom. The number of ether oxygens (including phenoxy) is 2. The van der Waals surface area contributed by atoms with Gasteiger partial charge in [-0.15, -0.1) is 0 Å². The highest BCUT2D eigenvalue weighted by Gasteiger charge is 2.59. The quantitative estimate of drug-likeness (QED) is 0.252. The van der Waals surface area contributed by atoms with Crippen molar-refractivity contribution < 1.29 is 14.3 Å². The summed E-state index contributed by atoms with van der Waals surface area (Å²) < 4.78 is 11.0. The molecule has 8 atom stereocenters. The molecule has 0 heterocycles. The van der Waals surface area contributed by atoms with Crippen LogP contribution >= 0.6 is 0 Å². The van der Waals surface area contributed by atoms with E-state index < -0.39 is 0 Å². The molecule has 0 unspecified atom stereocenters. The van der Waals surface area contributed by atoms with Gasteiger partial charge in [-0.1, -0.05) is 65.5 Å². The van der Waals surface area contributed by atoms with Gasteiger partial charge in [0.2, 0.25) is 0 Å². The highest BCUT2D eigenvalue weighted by molar-refractivity contribution is 5.71. The molecule has 0 N–H and O–H groups in total. The molecule has 0 aliphatic heterocycles. The van der Waals surface area contributed by atoms with Crippen LogP contribution in [0.5, 0.6) is 0 Å². The van der Waals surface area contributed by atoms with Crippen LogP contribution < -0.4 is 0 Å². The fourth-order valence-corrected chi connectivity index (χ4v) is 9.16. The first-order chi connectivity index (χ1) is 16.2. The van der Waals surface area contributed by atoms with Gasteiger partial charge in [-0.25, -0.2) is 4.79 Å². The first kappa shape index (κ1) is 26.2. The molecule has 3 heteroatoms. The summed E-state index contributed by atoms with van der Waals surface area (Å²) in [7, 11) is 0. The molecule has 0 aromatic rings. The number of carbonyl (C=O) groups is 1. The molecule has 0 amide bonds. The third-order valence-electron chi connectivity index (χ3n) is 11.0. The molecule has 0 radical (unpaired) electrons. The standard InChI is InChI=1S/C31H52O3/c1-7-33-20-29(32)34-24-15-17-30(5)23(19-24)11-12-25-27-14-13-26(22(4)10-8-9-21(2)3)31(27,6)18-16-28(25)30/h11,21-22,24-28H,7-10,12-20H2,1-6H3/t22-,24+,25+,26-,27+,28+,30+,31-/m1/s1. The Morgan fingerprint density at radius 2 is 1.85 bits per heavy atom. The Morgan fingerprint density at radius 3 is 2.59 bits per heavy atom. The Labute approximate surface area is 209 Å². The Balaban J connectivity index is 1.41. The van der Waals surface area contributed by atoms with Crippen molar-refractivity contribution in [2.75, 3.05) is 13.2 Å². The van der Waals surface area contributed by atoms with Gasteiger partial charge in [0.05, 0.1) is 0 Å². The zero-order valence-corrected chi connectivity index (χ0v) is 23.0. The lowest BCUT2D eigenvalue weighted by molar-refractivity contribution is -0.156. The number of allylic oxidation sites excluding steroid dienone is 1. The zero-order chi connectivity index (χ0) is 24.5. The lowest BCUT2D eigenvalue weighted by Crippen LogP contribution is -2.51. The molecule has 0 aromatic heterocycles. The summed E-state index contributed by atoms with van der Waals surface area (Å²) in [5, 5.41) is 0. The summed E-state index contributed by atoms with van der Waals surface area (Å²) in [5.74, 6) is 5.01. The van der Waals surface area contributed by atoms with Crippen molar-refractivity contribution in [3.63, 3.8) is 0 Å². The molecule has 194 valence electrons. The monoisotopic (exact) mass is 472 g/mol. The van der Waals surface area contributed by atoms with E-state index in [1.54, 1.807) is 5.57 Å². The molecule has 34 heavy (non-hydrogen) atoms. The van der Waals surface area contributed by atoms with Gasteiger partial charge in [-0.05, 0) is 98.2 Å². The van der Waals surface area contributed by atoms with Crippen LogP contribution in [0.3, 0.4) is 0 Å². The van der Waals surface area contributed by atoms with Gasteiger partial charge < -0.3 is 9.47 Å². The molecule has 4 aliphatic rings. The maximum Gasteiger partial charge on any atom is 0.332 e. The molecule has 0 saturated heterocycles. The minimum Gasteiger partial charge on any atom is -0.460 e. The fraction of sp³-hybridized carbons (Fsp3) is 0.903.